The molecule has 0 radical (unpaired) electrons. The maximum atomic E-state index is 10.7. The van der Waals surface area contributed by atoms with Gasteiger partial charge in [0.2, 0.25) is 0 Å². The molecule has 1 atom stereocenters. The van der Waals surface area contributed by atoms with Crippen LogP contribution in [0.3, 0.4) is 0 Å². The third kappa shape index (κ3) is 3.18. The second-order valence-corrected chi connectivity index (χ2v) is 3.48. The summed E-state index contributed by atoms with van der Waals surface area (Å²) in [6, 6.07) is -1.13. The van der Waals surface area contributed by atoms with Crippen molar-refractivity contribution in [3.05, 3.63) is 11.6 Å². The van der Waals surface area contributed by atoms with E-state index < -0.39 is 18.0 Å². The first-order valence-corrected chi connectivity index (χ1v) is 4.43. The Morgan fingerprint density at radius 2 is 2.00 bits per heavy atom. The van der Waals surface area contributed by atoms with E-state index in [1.54, 1.807) is 6.08 Å². The lowest BCUT2D eigenvalue weighted by Gasteiger charge is -2.06. The number of rotatable bonds is 5. The number of carbonyl (C=O) groups is 2. The van der Waals surface area contributed by atoms with Crippen LogP contribution in [0.15, 0.2) is 11.6 Å². The van der Waals surface area contributed by atoms with Crippen molar-refractivity contribution in [3.63, 3.8) is 0 Å². The largest absolute Gasteiger partial charge is 0.480 e. The monoisotopic (exact) mass is 199 g/mol. The van der Waals surface area contributed by atoms with E-state index in [0.717, 1.165) is 12.8 Å². The predicted octanol–water partition coefficient (Wildman–Crippen LogP) is 0.209. The van der Waals surface area contributed by atoms with E-state index in [4.69, 9.17) is 15.9 Å². The van der Waals surface area contributed by atoms with Crippen LogP contribution in [0.4, 0.5) is 0 Å². The molecule has 0 bridgehead atoms. The van der Waals surface area contributed by atoms with E-state index in [2.05, 4.69) is 0 Å². The summed E-state index contributed by atoms with van der Waals surface area (Å²) in [7, 11) is 0. The second kappa shape index (κ2) is 4.23. The Balaban J connectivity index is 2.59. The van der Waals surface area contributed by atoms with Gasteiger partial charge in [0.1, 0.15) is 6.04 Å². The van der Waals surface area contributed by atoms with Gasteiger partial charge in [0.05, 0.1) is 0 Å². The van der Waals surface area contributed by atoms with Crippen molar-refractivity contribution in [2.45, 2.75) is 25.3 Å². The number of hydrogen-bond acceptors (Lipinski definition) is 3. The van der Waals surface area contributed by atoms with E-state index in [1.807, 2.05) is 0 Å². The molecular formula is C9H13NO4. The van der Waals surface area contributed by atoms with Crippen LogP contribution >= 0.6 is 0 Å². The molecule has 1 aliphatic rings. The van der Waals surface area contributed by atoms with Gasteiger partial charge >= 0.3 is 11.9 Å². The molecule has 0 spiro atoms. The van der Waals surface area contributed by atoms with Gasteiger partial charge in [-0.25, -0.2) is 4.79 Å². The summed E-state index contributed by atoms with van der Waals surface area (Å²) in [4.78, 5) is 21.1. The maximum Gasteiger partial charge on any atom is 0.331 e. The normalized spacial score (nSPS) is 19.1. The predicted molar refractivity (Wildman–Crippen MR) is 48.7 cm³/mol. The molecule has 0 heterocycles. The molecule has 78 valence electrons. The Morgan fingerprint density at radius 3 is 2.36 bits per heavy atom. The topological polar surface area (TPSA) is 101 Å². The lowest BCUT2D eigenvalue weighted by molar-refractivity contribution is -0.138. The van der Waals surface area contributed by atoms with Crippen molar-refractivity contribution in [1.82, 2.24) is 0 Å². The number of nitrogens with two attached hydrogens (primary N) is 1. The van der Waals surface area contributed by atoms with Crippen LogP contribution in [0, 0.1) is 5.92 Å². The first-order valence-electron chi connectivity index (χ1n) is 4.43. The Hall–Kier alpha value is -1.36. The van der Waals surface area contributed by atoms with Crippen molar-refractivity contribution in [1.29, 1.82) is 0 Å². The molecule has 1 aliphatic carbocycles. The van der Waals surface area contributed by atoms with Gasteiger partial charge in [-0.3, -0.25) is 4.79 Å². The molecule has 0 unspecified atom stereocenters. The zero-order valence-electron chi connectivity index (χ0n) is 7.64. The zero-order chi connectivity index (χ0) is 10.7. The van der Waals surface area contributed by atoms with Crippen LogP contribution in [-0.2, 0) is 9.59 Å². The number of carboxylic acid groups (broad SMARTS) is 2. The van der Waals surface area contributed by atoms with Crippen LogP contribution in [-0.4, -0.2) is 28.2 Å². The van der Waals surface area contributed by atoms with E-state index in [0.29, 0.717) is 5.92 Å². The van der Waals surface area contributed by atoms with E-state index >= 15 is 0 Å². The Labute approximate surface area is 81.2 Å². The second-order valence-electron chi connectivity index (χ2n) is 3.48. The van der Waals surface area contributed by atoms with E-state index in [9.17, 15) is 9.59 Å². The molecule has 0 aromatic carbocycles. The Morgan fingerprint density at radius 1 is 1.43 bits per heavy atom. The summed E-state index contributed by atoms with van der Waals surface area (Å²) >= 11 is 0. The average molecular weight is 199 g/mol. The van der Waals surface area contributed by atoms with Gasteiger partial charge in [-0.1, -0.05) is 6.08 Å². The van der Waals surface area contributed by atoms with Crippen molar-refractivity contribution in [3.8, 4) is 0 Å². The minimum atomic E-state index is -1.17. The summed E-state index contributed by atoms with van der Waals surface area (Å²) in [6.45, 7) is 0. The lowest BCUT2D eigenvalue weighted by atomic mass is 10.1. The molecule has 1 rings (SSSR count). The number of allylic oxidation sites excluding steroid dienone is 1. The molecule has 1 saturated carbocycles. The van der Waals surface area contributed by atoms with E-state index in [-0.39, 0.29) is 12.0 Å². The van der Waals surface area contributed by atoms with Gasteiger partial charge in [-0.2, -0.15) is 0 Å². The van der Waals surface area contributed by atoms with Crippen LogP contribution in [0.5, 0.6) is 0 Å². The molecule has 0 amide bonds. The highest BCUT2D eigenvalue weighted by molar-refractivity contribution is 5.88. The van der Waals surface area contributed by atoms with Gasteiger partial charge in [0.15, 0.2) is 0 Å². The molecule has 0 saturated heterocycles. The van der Waals surface area contributed by atoms with Crippen molar-refractivity contribution in [2.75, 3.05) is 0 Å². The lowest BCUT2D eigenvalue weighted by Crippen LogP contribution is -2.31. The third-order valence-electron chi connectivity index (χ3n) is 2.09. The van der Waals surface area contributed by atoms with Crippen molar-refractivity contribution < 1.29 is 19.8 Å². The fourth-order valence-corrected chi connectivity index (χ4v) is 1.10. The summed E-state index contributed by atoms with van der Waals surface area (Å²) in [5, 5.41) is 17.3. The highest BCUT2D eigenvalue weighted by Crippen LogP contribution is 2.32. The Bertz CT molecular complexity index is 281. The molecule has 0 aromatic heterocycles. The number of carboxylic acids is 2. The van der Waals surface area contributed by atoms with Crippen LogP contribution in [0.2, 0.25) is 0 Å². The molecule has 1 fully saturated rings. The summed E-state index contributed by atoms with van der Waals surface area (Å²) in [5.41, 5.74) is 5.36. The summed E-state index contributed by atoms with van der Waals surface area (Å²) < 4.78 is 0. The van der Waals surface area contributed by atoms with Crippen molar-refractivity contribution in [2.24, 2.45) is 11.7 Å². The van der Waals surface area contributed by atoms with Crippen LogP contribution < -0.4 is 5.73 Å². The van der Waals surface area contributed by atoms with Gasteiger partial charge in [0, 0.05) is 12.0 Å². The summed E-state index contributed by atoms with van der Waals surface area (Å²) in [5.74, 6) is -1.94. The van der Waals surface area contributed by atoms with Crippen molar-refractivity contribution >= 4 is 11.9 Å². The summed E-state index contributed by atoms with van der Waals surface area (Å²) in [6.07, 6.45) is 3.48. The van der Waals surface area contributed by atoms with Gasteiger partial charge in [0.25, 0.3) is 0 Å². The first kappa shape index (κ1) is 10.7. The van der Waals surface area contributed by atoms with E-state index in [1.165, 1.54) is 0 Å². The fourth-order valence-electron chi connectivity index (χ4n) is 1.10. The Kier molecular flexibility index (Phi) is 3.24. The zero-order valence-corrected chi connectivity index (χ0v) is 7.64. The average Bonchev–Trinajstić information content (AvgIpc) is 2.86. The standard InChI is InChI=1S/C9H13NO4/c10-7(9(13)14)4-6(8(11)12)3-5-1-2-5/h3,5,7H,1-2,4,10H2,(H,11,12)(H,13,14)/t7-/m0/s1. The van der Waals surface area contributed by atoms with Crippen LogP contribution in [0.25, 0.3) is 0 Å². The fraction of sp³-hybridized carbons (Fsp3) is 0.556. The highest BCUT2D eigenvalue weighted by atomic mass is 16.4. The van der Waals surface area contributed by atoms with Gasteiger partial charge < -0.3 is 15.9 Å². The van der Waals surface area contributed by atoms with Crippen LogP contribution in [0.1, 0.15) is 19.3 Å². The third-order valence-corrected chi connectivity index (χ3v) is 2.09. The molecule has 14 heavy (non-hydrogen) atoms. The molecule has 0 aromatic rings. The maximum absolute atomic E-state index is 10.7. The molecule has 4 N–H and O–H groups in total. The molecule has 5 heteroatoms. The minimum Gasteiger partial charge on any atom is -0.480 e. The molecule has 5 nitrogen and oxygen atoms in total. The van der Waals surface area contributed by atoms with Gasteiger partial charge in [-0.15, -0.1) is 0 Å². The first-order chi connectivity index (χ1) is 6.50. The SMILES string of the molecule is N[C@@H](CC(=CC1CC1)C(=O)O)C(=O)O. The molecular weight excluding hydrogens is 186 g/mol. The number of aliphatic carboxylic acids is 2. The minimum absolute atomic E-state index is 0.110. The smallest absolute Gasteiger partial charge is 0.331 e. The van der Waals surface area contributed by atoms with Gasteiger partial charge in [-0.05, 0) is 18.8 Å². The quantitative estimate of drug-likeness (QED) is 0.549. The molecule has 0 aliphatic heterocycles. The highest BCUT2D eigenvalue weighted by Gasteiger charge is 2.24. The number of hydrogen-bond donors (Lipinski definition) is 3.